The Morgan fingerprint density at radius 2 is 0.845 bits per heavy atom. The van der Waals surface area contributed by atoms with Gasteiger partial charge in [0.25, 0.3) is 0 Å². The van der Waals surface area contributed by atoms with Crippen LogP contribution >= 0.6 is 0 Å². The summed E-state index contributed by atoms with van der Waals surface area (Å²) in [5.74, 6) is 1.34. The second-order valence-corrected chi connectivity index (χ2v) is 21.9. The highest BCUT2D eigenvalue weighted by Crippen LogP contribution is 2.54. The van der Waals surface area contributed by atoms with Gasteiger partial charge in [-0.05, 0) is 191 Å². The minimum Gasteiger partial charge on any atom is -0.310 e. The van der Waals surface area contributed by atoms with Gasteiger partial charge >= 0.3 is 0 Å². The summed E-state index contributed by atoms with van der Waals surface area (Å²) < 4.78 is 0. The zero-order valence-corrected chi connectivity index (χ0v) is 42.2. The number of benzene rings is 8. The molecule has 0 heterocycles. The number of anilines is 6. The van der Waals surface area contributed by atoms with E-state index in [-0.39, 0.29) is 5.41 Å². The average molecular weight is 927 g/mol. The maximum Gasteiger partial charge on any atom is 0.0496 e. The summed E-state index contributed by atoms with van der Waals surface area (Å²) in [5.41, 5.74) is 24.0. The molecule has 0 unspecified atom stereocenters. The summed E-state index contributed by atoms with van der Waals surface area (Å²) >= 11 is 0. The summed E-state index contributed by atoms with van der Waals surface area (Å²) in [5, 5.41) is 0. The highest BCUT2D eigenvalue weighted by Gasteiger charge is 2.38. The van der Waals surface area contributed by atoms with E-state index in [4.69, 9.17) is 0 Å². The van der Waals surface area contributed by atoms with Crippen LogP contribution in [0.4, 0.5) is 34.1 Å². The van der Waals surface area contributed by atoms with Crippen molar-refractivity contribution in [2.45, 2.75) is 134 Å². The first kappa shape index (κ1) is 45.5. The van der Waals surface area contributed by atoms with Gasteiger partial charge in [0.2, 0.25) is 0 Å². The van der Waals surface area contributed by atoms with E-state index < -0.39 is 0 Å². The van der Waals surface area contributed by atoms with Crippen molar-refractivity contribution in [1.82, 2.24) is 0 Å². The normalized spacial score (nSPS) is 16.8. The molecule has 8 aromatic carbocycles. The molecule has 0 spiro atoms. The molecule has 0 aliphatic heterocycles. The van der Waals surface area contributed by atoms with Gasteiger partial charge in [0.1, 0.15) is 0 Å². The third-order valence-electron chi connectivity index (χ3n) is 17.1. The lowest BCUT2D eigenvalue weighted by Crippen LogP contribution is -2.18. The van der Waals surface area contributed by atoms with Gasteiger partial charge in [0.05, 0.1) is 0 Å². The Bertz CT molecular complexity index is 3110. The fourth-order valence-corrected chi connectivity index (χ4v) is 13.1. The lowest BCUT2D eigenvalue weighted by atomic mass is 9.81. The van der Waals surface area contributed by atoms with E-state index in [1.165, 1.54) is 178 Å². The Morgan fingerprint density at radius 3 is 1.41 bits per heavy atom. The Balaban J connectivity index is 0.934. The molecule has 7 aliphatic rings. The zero-order valence-electron chi connectivity index (χ0n) is 42.2. The highest BCUT2D eigenvalue weighted by molar-refractivity contribution is 5.94. The number of aryl methyl sites for hydroxylation is 4. The van der Waals surface area contributed by atoms with Crippen molar-refractivity contribution in [3.05, 3.63) is 226 Å². The topological polar surface area (TPSA) is 6.48 Å². The monoisotopic (exact) mass is 927 g/mol. The zero-order chi connectivity index (χ0) is 47.7. The Labute approximate surface area is 424 Å². The van der Waals surface area contributed by atoms with Crippen molar-refractivity contribution in [3.8, 4) is 22.3 Å². The largest absolute Gasteiger partial charge is 0.310 e. The van der Waals surface area contributed by atoms with Gasteiger partial charge in [0.15, 0.2) is 0 Å². The van der Waals surface area contributed by atoms with E-state index in [9.17, 15) is 0 Å². The summed E-state index contributed by atoms with van der Waals surface area (Å²) in [6.07, 6.45) is 19.9. The molecule has 15 rings (SSSR count). The maximum atomic E-state index is 2.62. The molecule has 8 aromatic rings. The molecular weight excluding hydrogens is 857 g/mol. The molecule has 0 radical (unpaired) electrons. The van der Waals surface area contributed by atoms with Crippen molar-refractivity contribution in [2.75, 3.05) is 9.80 Å². The van der Waals surface area contributed by atoms with E-state index >= 15 is 0 Å². The smallest absolute Gasteiger partial charge is 0.0496 e. The van der Waals surface area contributed by atoms with Crippen LogP contribution in [0, 0.1) is 0 Å². The summed E-state index contributed by atoms with van der Waals surface area (Å²) in [6.45, 7) is 4.86. The van der Waals surface area contributed by atoms with Gasteiger partial charge in [-0.15, -0.1) is 0 Å². The molecule has 0 N–H and O–H groups in total. The molecule has 2 saturated carbocycles. The molecule has 4 bridgehead atoms. The predicted molar refractivity (Wildman–Crippen MR) is 301 cm³/mol. The first-order chi connectivity index (χ1) is 35.0. The lowest BCUT2D eigenvalue weighted by molar-refractivity contribution is 0.443. The van der Waals surface area contributed by atoms with Crippen LogP contribution in [-0.4, -0.2) is 0 Å². The van der Waals surface area contributed by atoms with Crippen LogP contribution in [0.25, 0.3) is 22.3 Å². The number of nitrogens with zero attached hydrogens (tertiary/aromatic N) is 2. The number of fused-ring (bicyclic) bond motifs is 3. The van der Waals surface area contributed by atoms with Crippen LogP contribution in [0.15, 0.2) is 182 Å². The average Bonchev–Trinajstić information content (AvgIpc) is 3.64. The van der Waals surface area contributed by atoms with Crippen molar-refractivity contribution in [3.63, 3.8) is 0 Å². The quantitative estimate of drug-likeness (QED) is 0.142. The van der Waals surface area contributed by atoms with Crippen molar-refractivity contribution in [2.24, 2.45) is 0 Å². The molecular formula is C69H70N2. The minimum atomic E-state index is -0.157. The van der Waals surface area contributed by atoms with E-state index in [2.05, 4.69) is 206 Å². The molecule has 71 heavy (non-hydrogen) atoms. The number of hydrogen-bond donors (Lipinski definition) is 0. The van der Waals surface area contributed by atoms with Crippen molar-refractivity contribution < 1.29 is 0 Å². The molecule has 0 atom stereocenters. The lowest BCUT2D eigenvalue weighted by Gasteiger charge is -2.31. The molecule has 2 fully saturated rings. The molecule has 0 aromatic heterocycles. The van der Waals surface area contributed by atoms with Gasteiger partial charge in [-0.1, -0.05) is 187 Å². The number of para-hydroxylation sites is 1. The summed E-state index contributed by atoms with van der Waals surface area (Å²) in [7, 11) is 0. The Kier molecular flexibility index (Phi) is 12.7. The standard InChI is InChI=1S/C69H70N2/c1-69(2)64-27-17-26-62(55-22-13-7-14-23-55)68(64)63-45-44-61(48-65(63)69)71(60-42-38-54(39-43-60)51-18-9-4-3-5-10-19-51)67-47-50-29-33-56-32-28-49(30-34-57(67)35-31-50)46-66(56)70(58-24-15-8-16-25-58)59-40-36-53(37-41-59)52-20-11-6-12-21-52/h7-8,13-17,22-28,31-32,35-48,51-52H,3-6,9-12,18-21,29-30,33-34H2,1-2H3. The van der Waals surface area contributed by atoms with E-state index in [0.29, 0.717) is 11.8 Å². The van der Waals surface area contributed by atoms with Crippen LogP contribution < -0.4 is 9.80 Å². The Hall–Kier alpha value is -6.64. The molecule has 2 nitrogen and oxygen atoms in total. The molecule has 356 valence electrons. The van der Waals surface area contributed by atoms with Crippen LogP contribution in [0.2, 0.25) is 0 Å². The fourth-order valence-electron chi connectivity index (χ4n) is 13.1. The SMILES string of the molecule is CC1(C)c2cc(N(c3ccc(C4CCCCCCC4)cc3)c3cc4ccc3CCc3ccc(c(N(c5ccccc5)c5ccc(C6CCCCC6)cc5)c3)CC4)ccc2-c2c(-c3ccccc3)cccc21. The van der Waals surface area contributed by atoms with Gasteiger partial charge in [-0.3, -0.25) is 0 Å². The third-order valence-corrected chi connectivity index (χ3v) is 17.1. The van der Waals surface area contributed by atoms with Crippen LogP contribution in [-0.2, 0) is 31.1 Å². The molecule has 0 amide bonds. The minimum absolute atomic E-state index is 0.157. The third kappa shape index (κ3) is 9.05. The van der Waals surface area contributed by atoms with Gasteiger partial charge in [0, 0.05) is 39.5 Å². The Morgan fingerprint density at radius 1 is 0.366 bits per heavy atom. The predicted octanol–water partition coefficient (Wildman–Crippen LogP) is 19.4. The highest BCUT2D eigenvalue weighted by atomic mass is 15.2. The number of hydrogen-bond acceptors (Lipinski definition) is 2. The molecule has 0 saturated heterocycles. The van der Waals surface area contributed by atoms with Crippen molar-refractivity contribution >= 4 is 34.1 Å². The van der Waals surface area contributed by atoms with Crippen molar-refractivity contribution in [1.29, 1.82) is 0 Å². The van der Waals surface area contributed by atoms with Gasteiger partial charge in [-0.25, -0.2) is 0 Å². The molecule has 2 heteroatoms. The first-order valence-electron chi connectivity index (χ1n) is 27.4. The van der Waals surface area contributed by atoms with Crippen LogP contribution in [0.5, 0.6) is 0 Å². The molecule has 7 aliphatic carbocycles. The summed E-state index contributed by atoms with van der Waals surface area (Å²) in [4.78, 5) is 5.14. The van der Waals surface area contributed by atoms with E-state index in [1.807, 2.05) is 0 Å². The van der Waals surface area contributed by atoms with Gasteiger partial charge < -0.3 is 9.80 Å². The first-order valence-corrected chi connectivity index (χ1v) is 27.4. The van der Waals surface area contributed by atoms with Gasteiger partial charge in [-0.2, -0.15) is 0 Å². The second-order valence-electron chi connectivity index (χ2n) is 21.9. The van der Waals surface area contributed by atoms with E-state index in [1.54, 1.807) is 0 Å². The number of rotatable bonds is 9. The second kappa shape index (κ2) is 19.9. The van der Waals surface area contributed by atoms with Crippen LogP contribution in [0.3, 0.4) is 0 Å². The van der Waals surface area contributed by atoms with Crippen LogP contribution in [0.1, 0.15) is 147 Å². The maximum absolute atomic E-state index is 2.62. The fraction of sp³-hybridized carbons (Fsp3) is 0.304. The van der Waals surface area contributed by atoms with E-state index in [0.717, 1.165) is 25.7 Å². The summed E-state index contributed by atoms with van der Waals surface area (Å²) in [6, 6.07) is 70.6.